The number of benzene rings is 1. The van der Waals surface area contributed by atoms with Gasteiger partial charge >= 0.3 is 0 Å². The zero-order chi connectivity index (χ0) is 15.5. The van der Waals surface area contributed by atoms with Gasteiger partial charge in [-0.15, -0.1) is 0 Å². The lowest BCUT2D eigenvalue weighted by molar-refractivity contribution is -0.117. The number of anilines is 1. The molecule has 4 heteroatoms. The molecule has 1 aromatic carbocycles. The van der Waals surface area contributed by atoms with E-state index in [1.165, 1.54) is 24.0 Å². The quantitative estimate of drug-likeness (QED) is 0.875. The number of thiophene rings is 1. The predicted molar refractivity (Wildman–Crippen MR) is 92.3 cm³/mol. The summed E-state index contributed by atoms with van der Waals surface area (Å²) in [5, 5.41) is 7.31. The average molecular weight is 314 g/mol. The minimum absolute atomic E-state index is 0.0779. The Morgan fingerprint density at radius 3 is 2.77 bits per heavy atom. The van der Waals surface area contributed by atoms with Crippen LogP contribution in [0.2, 0.25) is 0 Å². The van der Waals surface area contributed by atoms with E-state index in [2.05, 4.69) is 40.0 Å². The fraction of sp³-hybridized carbons (Fsp3) is 0.389. The number of aryl methyl sites for hydroxylation is 2. The van der Waals surface area contributed by atoms with Gasteiger partial charge in [0.2, 0.25) is 5.91 Å². The van der Waals surface area contributed by atoms with Gasteiger partial charge in [0.15, 0.2) is 0 Å². The van der Waals surface area contributed by atoms with Crippen molar-refractivity contribution in [3.05, 3.63) is 51.7 Å². The smallest absolute Gasteiger partial charge is 0.238 e. The van der Waals surface area contributed by atoms with Crippen molar-refractivity contribution >= 4 is 22.9 Å². The summed E-state index contributed by atoms with van der Waals surface area (Å²) in [6.07, 6.45) is 2.42. The Morgan fingerprint density at radius 2 is 2.14 bits per heavy atom. The molecule has 0 bridgehead atoms. The molecule has 116 valence electrons. The van der Waals surface area contributed by atoms with Crippen molar-refractivity contribution in [1.82, 2.24) is 4.90 Å². The second-order valence-corrected chi connectivity index (χ2v) is 6.91. The van der Waals surface area contributed by atoms with E-state index in [9.17, 15) is 4.79 Å². The van der Waals surface area contributed by atoms with Crippen LogP contribution in [0.25, 0.3) is 0 Å². The first kappa shape index (κ1) is 15.3. The third-order valence-corrected chi connectivity index (χ3v) is 4.76. The minimum Gasteiger partial charge on any atom is -0.325 e. The summed E-state index contributed by atoms with van der Waals surface area (Å²) in [6.45, 7) is 5.43. The van der Waals surface area contributed by atoms with Gasteiger partial charge in [-0.25, -0.2) is 0 Å². The summed E-state index contributed by atoms with van der Waals surface area (Å²) in [6, 6.07) is 8.84. The fourth-order valence-corrected chi connectivity index (χ4v) is 3.36. The van der Waals surface area contributed by atoms with Crippen molar-refractivity contribution in [2.75, 3.05) is 11.9 Å². The summed E-state index contributed by atoms with van der Waals surface area (Å²) < 4.78 is 0. The normalized spacial score (nSPS) is 14.3. The molecule has 3 nitrogen and oxygen atoms in total. The van der Waals surface area contributed by atoms with Gasteiger partial charge in [-0.05, 0) is 60.7 Å². The van der Waals surface area contributed by atoms with Crippen LogP contribution in [-0.4, -0.2) is 23.4 Å². The molecule has 1 heterocycles. The van der Waals surface area contributed by atoms with Gasteiger partial charge in [-0.2, -0.15) is 11.3 Å². The molecule has 0 saturated heterocycles. The van der Waals surface area contributed by atoms with Gasteiger partial charge in [-0.1, -0.05) is 17.7 Å². The maximum absolute atomic E-state index is 12.4. The number of amides is 1. The molecule has 0 spiro atoms. The lowest BCUT2D eigenvalue weighted by atomic mass is 10.1. The van der Waals surface area contributed by atoms with E-state index in [4.69, 9.17) is 0 Å². The second kappa shape index (κ2) is 6.63. The molecule has 1 aromatic heterocycles. The molecule has 0 atom stereocenters. The molecule has 0 unspecified atom stereocenters. The molecule has 1 aliphatic rings. The average Bonchev–Trinajstić information content (AvgIpc) is 3.20. The summed E-state index contributed by atoms with van der Waals surface area (Å²) >= 11 is 1.71. The lowest BCUT2D eigenvalue weighted by Gasteiger charge is -2.21. The van der Waals surface area contributed by atoms with Gasteiger partial charge < -0.3 is 5.32 Å². The van der Waals surface area contributed by atoms with Crippen LogP contribution in [0.1, 0.15) is 29.5 Å². The van der Waals surface area contributed by atoms with E-state index in [1.807, 2.05) is 19.1 Å². The molecule has 1 N–H and O–H groups in total. The molecule has 22 heavy (non-hydrogen) atoms. The molecular formula is C18H22N2OS. The van der Waals surface area contributed by atoms with Crippen LogP contribution in [0.4, 0.5) is 5.69 Å². The van der Waals surface area contributed by atoms with Crippen LogP contribution >= 0.6 is 11.3 Å². The largest absolute Gasteiger partial charge is 0.325 e. The summed E-state index contributed by atoms with van der Waals surface area (Å²) in [7, 11) is 0. The fourth-order valence-electron chi connectivity index (χ4n) is 2.70. The molecule has 3 rings (SSSR count). The number of hydrogen-bond acceptors (Lipinski definition) is 3. The SMILES string of the molecule is Cc1ccc(NC(=O)CN(Cc2ccsc2)C2CC2)c(C)c1. The first-order valence-electron chi connectivity index (χ1n) is 7.74. The van der Waals surface area contributed by atoms with Crippen LogP contribution in [0.3, 0.4) is 0 Å². The number of rotatable bonds is 6. The van der Waals surface area contributed by atoms with Crippen molar-refractivity contribution < 1.29 is 4.79 Å². The molecule has 0 aliphatic heterocycles. The minimum atomic E-state index is 0.0779. The summed E-state index contributed by atoms with van der Waals surface area (Å²) in [5.74, 6) is 0.0779. The number of nitrogens with zero attached hydrogens (tertiary/aromatic N) is 1. The Kier molecular flexibility index (Phi) is 4.60. The van der Waals surface area contributed by atoms with Crippen molar-refractivity contribution in [3.8, 4) is 0 Å². The van der Waals surface area contributed by atoms with Gasteiger partial charge in [0.25, 0.3) is 0 Å². The van der Waals surface area contributed by atoms with Crippen LogP contribution < -0.4 is 5.32 Å². The Hall–Kier alpha value is -1.65. The van der Waals surface area contributed by atoms with E-state index in [-0.39, 0.29) is 5.91 Å². The van der Waals surface area contributed by atoms with Crippen LogP contribution in [0.15, 0.2) is 35.0 Å². The zero-order valence-electron chi connectivity index (χ0n) is 13.1. The molecule has 0 radical (unpaired) electrons. The van der Waals surface area contributed by atoms with Crippen molar-refractivity contribution in [3.63, 3.8) is 0 Å². The molecule has 1 aliphatic carbocycles. The lowest BCUT2D eigenvalue weighted by Crippen LogP contribution is -2.34. The third-order valence-electron chi connectivity index (χ3n) is 4.03. The maximum Gasteiger partial charge on any atom is 0.238 e. The highest BCUT2D eigenvalue weighted by atomic mass is 32.1. The van der Waals surface area contributed by atoms with E-state index in [1.54, 1.807) is 11.3 Å². The summed E-state index contributed by atoms with van der Waals surface area (Å²) in [5.41, 5.74) is 4.55. The van der Waals surface area contributed by atoms with Crippen LogP contribution in [0, 0.1) is 13.8 Å². The Morgan fingerprint density at radius 1 is 1.32 bits per heavy atom. The van der Waals surface area contributed by atoms with Crippen LogP contribution in [-0.2, 0) is 11.3 Å². The highest BCUT2D eigenvalue weighted by Gasteiger charge is 2.30. The first-order valence-corrected chi connectivity index (χ1v) is 8.68. The Bertz CT molecular complexity index is 647. The van der Waals surface area contributed by atoms with Crippen molar-refractivity contribution in [2.45, 2.75) is 39.3 Å². The van der Waals surface area contributed by atoms with Gasteiger partial charge in [0.1, 0.15) is 0 Å². The highest BCUT2D eigenvalue weighted by Crippen LogP contribution is 2.28. The number of carbonyl (C=O) groups excluding carboxylic acids is 1. The number of carbonyl (C=O) groups is 1. The predicted octanol–water partition coefficient (Wildman–Crippen LogP) is 3.97. The van der Waals surface area contributed by atoms with E-state index >= 15 is 0 Å². The summed E-state index contributed by atoms with van der Waals surface area (Å²) in [4.78, 5) is 14.7. The third kappa shape index (κ3) is 3.96. The van der Waals surface area contributed by atoms with Crippen LogP contribution in [0.5, 0.6) is 0 Å². The Labute approximate surface area is 136 Å². The molecule has 1 saturated carbocycles. The molecule has 1 amide bonds. The standard InChI is InChI=1S/C18H22N2OS/c1-13-3-6-17(14(2)9-13)19-18(21)11-20(16-4-5-16)10-15-7-8-22-12-15/h3,6-9,12,16H,4-5,10-11H2,1-2H3,(H,19,21). The van der Waals surface area contributed by atoms with E-state index in [0.717, 1.165) is 17.8 Å². The first-order chi connectivity index (χ1) is 10.6. The topological polar surface area (TPSA) is 32.3 Å². The van der Waals surface area contributed by atoms with Gasteiger partial charge in [-0.3, -0.25) is 9.69 Å². The maximum atomic E-state index is 12.4. The van der Waals surface area contributed by atoms with Crippen molar-refractivity contribution in [2.24, 2.45) is 0 Å². The van der Waals surface area contributed by atoms with E-state index in [0.29, 0.717) is 12.6 Å². The van der Waals surface area contributed by atoms with Crippen molar-refractivity contribution in [1.29, 1.82) is 0 Å². The van der Waals surface area contributed by atoms with Gasteiger partial charge in [0, 0.05) is 18.3 Å². The zero-order valence-corrected chi connectivity index (χ0v) is 14.0. The van der Waals surface area contributed by atoms with E-state index < -0.39 is 0 Å². The number of nitrogens with one attached hydrogen (secondary N) is 1. The monoisotopic (exact) mass is 314 g/mol. The molecule has 2 aromatic rings. The highest BCUT2D eigenvalue weighted by molar-refractivity contribution is 7.07. The molecular weight excluding hydrogens is 292 g/mol. The second-order valence-electron chi connectivity index (χ2n) is 6.13. The number of hydrogen-bond donors (Lipinski definition) is 1. The van der Waals surface area contributed by atoms with Gasteiger partial charge in [0.05, 0.1) is 6.54 Å². The Balaban J connectivity index is 1.61. The molecule has 1 fully saturated rings.